The standard InChI is InChI=1S/C20H19N3O4S/c1-14-6-4-8-16(12-14)19-21-22-20(27-19)28(25,26)13-18(24)23-11-5-9-15-7-2-3-10-17(15)23/h2-4,6-8,10,12H,5,9,11,13H2,1H3. The number of carbonyl (C=O) groups is 1. The van der Waals surface area contributed by atoms with Gasteiger partial charge in [-0.05, 0) is 43.5 Å². The van der Waals surface area contributed by atoms with Gasteiger partial charge in [0, 0.05) is 17.8 Å². The van der Waals surface area contributed by atoms with Crippen LogP contribution in [0.1, 0.15) is 17.5 Å². The summed E-state index contributed by atoms with van der Waals surface area (Å²) in [7, 11) is -4.04. The predicted molar refractivity (Wildman–Crippen MR) is 104 cm³/mol. The largest absolute Gasteiger partial charge is 0.408 e. The van der Waals surface area contributed by atoms with Gasteiger partial charge in [0.25, 0.3) is 0 Å². The van der Waals surface area contributed by atoms with Gasteiger partial charge >= 0.3 is 5.22 Å². The molecule has 8 heteroatoms. The third-order valence-corrected chi connectivity index (χ3v) is 5.99. The molecule has 0 bridgehead atoms. The third-order valence-electron chi connectivity index (χ3n) is 4.66. The molecule has 1 aliphatic rings. The van der Waals surface area contributed by atoms with Crippen LogP contribution in [0.25, 0.3) is 11.5 Å². The van der Waals surface area contributed by atoms with Crippen molar-refractivity contribution in [1.82, 2.24) is 10.2 Å². The van der Waals surface area contributed by atoms with E-state index in [1.54, 1.807) is 6.07 Å². The maximum absolute atomic E-state index is 12.7. The van der Waals surface area contributed by atoms with E-state index in [-0.39, 0.29) is 5.89 Å². The fourth-order valence-electron chi connectivity index (χ4n) is 3.33. The molecule has 1 amide bonds. The van der Waals surface area contributed by atoms with Crippen LogP contribution in [-0.4, -0.2) is 36.8 Å². The number of para-hydroxylation sites is 1. The van der Waals surface area contributed by atoms with E-state index >= 15 is 0 Å². The molecular formula is C20H19N3O4S. The fourth-order valence-corrected chi connectivity index (χ4v) is 4.30. The molecule has 0 N–H and O–H groups in total. The van der Waals surface area contributed by atoms with Crippen LogP contribution in [0, 0.1) is 6.92 Å². The summed E-state index contributed by atoms with van der Waals surface area (Å²) >= 11 is 0. The molecule has 0 saturated heterocycles. The Morgan fingerprint density at radius 3 is 2.79 bits per heavy atom. The number of aromatic nitrogens is 2. The molecule has 0 aliphatic carbocycles. The minimum absolute atomic E-state index is 0.109. The van der Waals surface area contributed by atoms with Crippen LogP contribution in [0.2, 0.25) is 0 Å². The minimum atomic E-state index is -4.04. The van der Waals surface area contributed by atoms with Crippen LogP contribution in [0.4, 0.5) is 5.69 Å². The first kappa shape index (κ1) is 18.4. The second kappa shape index (κ2) is 7.20. The Kier molecular flexibility index (Phi) is 4.72. The minimum Gasteiger partial charge on any atom is -0.408 e. The van der Waals surface area contributed by atoms with Crippen molar-refractivity contribution < 1.29 is 17.6 Å². The number of rotatable bonds is 4. The Hall–Kier alpha value is -3.00. The summed E-state index contributed by atoms with van der Waals surface area (Å²) in [5, 5.41) is 6.95. The lowest BCUT2D eigenvalue weighted by Crippen LogP contribution is -2.39. The van der Waals surface area contributed by atoms with Crippen molar-refractivity contribution in [2.45, 2.75) is 25.0 Å². The van der Waals surface area contributed by atoms with E-state index in [9.17, 15) is 13.2 Å². The zero-order valence-electron chi connectivity index (χ0n) is 15.3. The maximum Gasteiger partial charge on any atom is 0.336 e. The van der Waals surface area contributed by atoms with Gasteiger partial charge in [0.15, 0.2) is 0 Å². The lowest BCUT2D eigenvalue weighted by molar-refractivity contribution is -0.116. The van der Waals surface area contributed by atoms with Gasteiger partial charge in [-0.15, -0.1) is 5.10 Å². The van der Waals surface area contributed by atoms with E-state index in [0.717, 1.165) is 29.7 Å². The fraction of sp³-hybridized carbons (Fsp3) is 0.250. The van der Waals surface area contributed by atoms with Crippen LogP contribution >= 0.6 is 0 Å². The summed E-state index contributed by atoms with van der Waals surface area (Å²) in [5.74, 6) is -1.10. The predicted octanol–water partition coefficient (Wildman–Crippen LogP) is 2.80. The molecule has 1 aromatic heterocycles. The number of aryl methyl sites for hydroxylation is 2. The highest BCUT2D eigenvalue weighted by Gasteiger charge is 2.31. The molecule has 28 heavy (non-hydrogen) atoms. The normalized spacial score (nSPS) is 14.0. The SMILES string of the molecule is Cc1cccc(-c2nnc(S(=O)(=O)CC(=O)N3CCCc4ccccc43)o2)c1. The number of amides is 1. The van der Waals surface area contributed by atoms with Crippen LogP contribution < -0.4 is 4.90 Å². The Morgan fingerprint density at radius 1 is 1.14 bits per heavy atom. The molecule has 0 atom stereocenters. The zero-order chi connectivity index (χ0) is 19.7. The Labute approximate surface area is 162 Å². The molecule has 3 aromatic rings. The quantitative estimate of drug-likeness (QED) is 0.672. The number of nitrogens with zero attached hydrogens (tertiary/aromatic N) is 3. The van der Waals surface area contributed by atoms with Crippen molar-refractivity contribution in [2.24, 2.45) is 0 Å². The van der Waals surface area contributed by atoms with Gasteiger partial charge in [0.1, 0.15) is 5.75 Å². The van der Waals surface area contributed by atoms with Gasteiger partial charge in [0.2, 0.25) is 21.6 Å². The molecule has 1 aliphatic heterocycles. The van der Waals surface area contributed by atoms with Crippen molar-refractivity contribution in [3.05, 3.63) is 59.7 Å². The smallest absolute Gasteiger partial charge is 0.336 e. The summed E-state index contributed by atoms with van der Waals surface area (Å²) in [6.45, 7) is 2.40. The number of sulfone groups is 1. The van der Waals surface area contributed by atoms with Gasteiger partial charge in [-0.25, -0.2) is 8.42 Å². The molecule has 0 radical (unpaired) electrons. The first-order chi connectivity index (χ1) is 13.4. The molecule has 2 heterocycles. The molecule has 0 unspecified atom stereocenters. The molecular weight excluding hydrogens is 378 g/mol. The van der Waals surface area contributed by atoms with E-state index in [4.69, 9.17) is 4.42 Å². The first-order valence-corrected chi connectivity index (χ1v) is 10.6. The monoisotopic (exact) mass is 397 g/mol. The Balaban J connectivity index is 1.56. The Bertz CT molecular complexity index is 1140. The summed E-state index contributed by atoms with van der Waals surface area (Å²) in [6, 6.07) is 14.8. The molecule has 0 fully saturated rings. The number of carbonyl (C=O) groups excluding carboxylic acids is 1. The second-order valence-electron chi connectivity index (χ2n) is 6.78. The second-order valence-corrected chi connectivity index (χ2v) is 8.65. The zero-order valence-corrected chi connectivity index (χ0v) is 16.1. The number of fused-ring (bicyclic) bond motifs is 1. The van der Waals surface area contributed by atoms with E-state index in [1.165, 1.54) is 4.90 Å². The molecule has 4 rings (SSSR count). The summed E-state index contributed by atoms with van der Waals surface area (Å²) in [5.41, 5.74) is 3.42. The average molecular weight is 397 g/mol. The molecule has 2 aromatic carbocycles. The van der Waals surface area contributed by atoms with E-state index in [0.29, 0.717) is 12.1 Å². The van der Waals surface area contributed by atoms with E-state index < -0.39 is 26.7 Å². The molecule has 144 valence electrons. The van der Waals surface area contributed by atoms with Crippen molar-refractivity contribution in [1.29, 1.82) is 0 Å². The van der Waals surface area contributed by atoms with E-state index in [2.05, 4.69) is 10.2 Å². The van der Waals surface area contributed by atoms with Crippen LogP contribution in [0.5, 0.6) is 0 Å². The van der Waals surface area contributed by atoms with Crippen molar-refractivity contribution in [2.75, 3.05) is 17.2 Å². The summed E-state index contributed by atoms with van der Waals surface area (Å²) < 4.78 is 30.7. The Morgan fingerprint density at radius 2 is 1.96 bits per heavy atom. The van der Waals surface area contributed by atoms with E-state index in [1.807, 2.05) is 49.4 Å². The van der Waals surface area contributed by atoms with Crippen LogP contribution in [0.15, 0.2) is 58.2 Å². The van der Waals surface area contributed by atoms with Gasteiger partial charge in [-0.2, -0.15) is 0 Å². The van der Waals surface area contributed by atoms with Gasteiger partial charge in [-0.3, -0.25) is 4.79 Å². The number of hydrogen-bond donors (Lipinski definition) is 0. The summed E-state index contributed by atoms with van der Waals surface area (Å²) in [6.07, 6.45) is 1.66. The van der Waals surface area contributed by atoms with Crippen LogP contribution in [0.3, 0.4) is 0 Å². The topological polar surface area (TPSA) is 93.4 Å². The lowest BCUT2D eigenvalue weighted by Gasteiger charge is -2.29. The highest BCUT2D eigenvalue weighted by Crippen LogP contribution is 2.27. The van der Waals surface area contributed by atoms with Gasteiger partial charge < -0.3 is 9.32 Å². The maximum atomic E-state index is 12.7. The average Bonchev–Trinajstić information content (AvgIpc) is 3.18. The third kappa shape index (κ3) is 3.55. The van der Waals surface area contributed by atoms with Crippen molar-refractivity contribution >= 4 is 21.4 Å². The molecule has 0 saturated carbocycles. The van der Waals surface area contributed by atoms with Crippen molar-refractivity contribution in [3.8, 4) is 11.5 Å². The van der Waals surface area contributed by atoms with Crippen LogP contribution in [-0.2, 0) is 21.1 Å². The molecule has 0 spiro atoms. The summed E-state index contributed by atoms with van der Waals surface area (Å²) in [4.78, 5) is 14.3. The molecule has 7 nitrogen and oxygen atoms in total. The highest BCUT2D eigenvalue weighted by molar-refractivity contribution is 7.91. The van der Waals surface area contributed by atoms with Gasteiger partial charge in [0.05, 0.1) is 0 Å². The number of hydrogen-bond acceptors (Lipinski definition) is 6. The van der Waals surface area contributed by atoms with Gasteiger partial charge in [-0.1, -0.05) is 41.0 Å². The lowest BCUT2D eigenvalue weighted by atomic mass is 10.0. The highest BCUT2D eigenvalue weighted by atomic mass is 32.2. The first-order valence-electron chi connectivity index (χ1n) is 8.95. The number of benzene rings is 2. The number of anilines is 1. The van der Waals surface area contributed by atoms with Crippen molar-refractivity contribution in [3.63, 3.8) is 0 Å².